The van der Waals surface area contributed by atoms with Crippen LogP contribution in [0.2, 0.25) is 0 Å². The lowest BCUT2D eigenvalue weighted by atomic mass is 9.87. The topological polar surface area (TPSA) is 23.5 Å². The van der Waals surface area contributed by atoms with Crippen molar-refractivity contribution in [1.82, 2.24) is 4.90 Å². The Hall–Kier alpha value is -0.0800. The van der Waals surface area contributed by atoms with Gasteiger partial charge in [-0.2, -0.15) is 0 Å². The maximum atomic E-state index is 9.93. The summed E-state index contributed by atoms with van der Waals surface area (Å²) >= 11 is 0. The van der Waals surface area contributed by atoms with Crippen molar-refractivity contribution in [3.8, 4) is 0 Å². The molecule has 0 saturated heterocycles. The van der Waals surface area contributed by atoms with E-state index in [4.69, 9.17) is 0 Å². The summed E-state index contributed by atoms with van der Waals surface area (Å²) in [5.74, 6) is 0.668. The van der Waals surface area contributed by atoms with E-state index in [-0.39, 0.29) is 11.5 Å². The quantitative estimate of drug-likeness (QED) is 0.762. The van der Waals surface area contributed by atoms with Crippen LogP contribution in [0.4, 0.5) is 0 Å². The molecule has 0 aliphatic heterocycles. The van der Waals surface area contributed by atoms with E-state index >= 15 is 0 Å². The van der Waals surface area contributed by atoms with E-state index in [0.29, 0.717) is 12.0 Å². The minimum absolute atomic E-state index is 0.00189. The Morgan fingerprint density at radius 2 is 1.60 bits per heavy atom. The Balaban J connectivity index is 3.96. The first-order valence-electron chi connectivity index (χ1n) is 6.04. The molecule has 0 aliphatic rings. The maximum Gasteiger partial charge on any atom is 0.0600 e. The summed E-state index contributed by atoms with van der Waals surface area (Å²) in [4.78, 5) is 2.33. The molecule has 2 heteroatoms. The molecule has 0 rings (SSSR count). The van der Waals surface area contributed by atoms with Gasteiger partial charge in [0.25, 0.3) is 0 Å². The van der Waals surface area contributed by atoms with E-state index in [9.17, 15) is 5.11 Å². The Morgan fingerprint density at radius 3 is 1.93 bits per heavy atom. The highest BCUT2D eigenvalue weighted by molar-refractivity contribution is 4.75. The lowest BCUT2D eigenvalue weighted by Gasteiger charge is -2.31. The van der Waals surface area contributed by atoms with Crippen LogP contribution in [0.25, 0.3) is 0 Å². The molecular weight excluding hydrogens is 186 g/mol. The van der Waals surface area contributed by atoms with Gasteiger partial charge in [0.1, 0.15) is 0 Å². The smallest absolute Gasteiger partial charge is 0.0600 e. The molecule has 0 heterocycles. The van der Waals surface area contributed by atoms with Crippen molar-refractivity contribution in [2.75, 3.05) is 13.6 Å². The van der Waals surface area contributed by atoms with Crippen molar-refractivity contribution < 1.29 is 5.11 Å². The van der Waals surface area contributed by atoms with Crippen molar-refractivity contribution >= 4 is 0 Å². The summed E-state index contributed by atoms with van der Waals surface area (Å²) in [6.45, 7) is 13.9. The molecule has 92 valence electrons. The molecule has 2 atom stereocenters. The third-order valence-electron chi connectivity index (χ3n) is 3.41. The number of aliphatic hydroxyl groups excluding tert-OH is 1. The fourth-order valence-corrected chi connectivity index (χ4v) is 1.47. The first kappa shape index (κ1) is 14.9. The van der Waals surface area contributed by atoms with E-state index in [2.05, 4.69) is 53.5 Å². The van der Waals surface area contributed by atoms with Gasteiger partial charge in [0.05, 0.1) is 6.10 Å². The number of rotatable bonds is 5. The average molecular weight is 215 g/mol. The summed E-state index contributed by atoms with van der Waals surface area (Å²) in [5.41, 5.74) is 0.00189. The van der Waals surface area contributed by atoms with Crippen molar-refractivity contribution in [2.45, 2.75) is 60.1 Å². The van der Waals surface area contributed by atoms with Gasteiger partial charge in [0, 0.05) is 12.6 Å². The van der Waals surface area contributed by atoms with Gasteiger partial charge >= 0.3 is 0 Å². The maximum absolute atomic E-state index is 9.93. The number of hydrogen-bond donors (Lipinski definition) is 1. The molecule has 15 heavy (non-hydrogen) atoms. The third-order valence-corrected chi connectivity index (χ3v) is 3.41. The predicted molar refractivity (Wildman–Crippen MR) is 67.0 cm³/mol. The van der Waals surface area contributed by atoms with Crippen LogP contribution >= 0.6 is 0 Å². The molecule has 0 spiro atoms. The molecule has 2 nitrogen and oxygen atoms in total. The molecule has 2 unspecified atom stereocenters. The molecular formula is C13H29NO. The summed E-state index contributed by atoms with van der Waals surface area (Å²) in [6.07, 6.45) is 0.649. The first-order chi connectivity index (χ1) is 6.66. The monoisotopic (exact) mass is 215 g/mol. The second-order valence-corrected chi connectivity index (χ2v) is 6.14. The molecule has 0 aromatic rings. The third kappa shape index (κ3) is 5.53. The molecule has 0 amide bonds. The lowest BCUT2D eigenvalue weighted by molar-refractivity contribution is 0.0426. The van der Waals surface area contributed by atoms with Gasteiger partial charge in [-0.15, -0.1) is 0 Å². The summed E-state index contributed by atoms with van der Waals surface area (Å²) in [6, 6.07) is 0.581. The standard InChI is InChI=1S/C13H29NO/c1-10(2)11(3)14(7)9-8-12(15)13(4,5)6/h10-12,15H,8-9H2,1-7H3. The van der Waals surface area contributed by atoms with Crippen LogP contribution in [0.5, 0.6) is 0 Å². The van der Waals surface area contributed by atoms with Crippen molar-refractivity contribution in [2.24, 2.45) is 11.3 Å². The molecule has 1 N–H and O–H groups in total. The Morgan fingerprint density at radius 1 is 1.13 bits per heavy atom. The number of aliphatic hydroxyl groups is 1. The van der Waals surface area contributed by atoms with Crippen molar-refractivity contribution in [1.29, 1.82) is 0 Å². The molecule has 0 fully saturated rings. The van der Waals surface area contributed by atoms with Crippen LogP contribution < -0.4 is 0 Å². The van der Waals surface area contributed by atoms with Gasteiger partial charge < -0.3 is 10.0 Å². The minimum Gasteiger partial charge on any atom is -0.393 e. The Kier molecular flexibility index (Phi) is 5.82. The fourth-order valence-electron chi connectivity index (χ4n) is 1.47. The van der Waals surface area contributed by atoms with Crippen LogP contribution in [0.1, 0.15) is 48.0 Å². The second kappa shape index (κ2) is 5.86. The molecule has 0 aliphatic carbocycles. The van der Waals surface area contributed by atoms with E-state index in [1.807, 2.05) is 0 Å². The van der Waals surface area contributed by atoms with Gasteiger partial charge in [0.2, 0.25) is 0 Å². The summed E-state index contributed by atoms with van der Waals surface area (Å²) in [7, 11) is 2.14. The molecule has 0 bridgehead atoms. The summed E-state index contributed by atoms with van der Waals surface area (Å²) < 4.78 is 0. The fraction of sp³-hybridized carbons (Fsp3) is 1.00. The van der Waals surface area contributed by atoms with Gasteiger partial charge in [-0.3, -0.25) is 0 Å². The first-order valence-corrected chi connectivity index (χ1v) is 6.04. The van der Waals surface area contributed by atoms with E-state index in [0.717, 1.165) is 13.0 Å². The molecule has 0 aromatic carbocycles. The largest absolute Gasteiger partial charge is 0.393 e. The molecule has 0 saturated carbocycles. The van der Waals surface area contributed by atoms with Crippen molar-refractivity contribution in [3.05, 3.63) is 0 Å². The van der Waals surface area contributed by atoms with Gasteiger partial charge in [0.15, 0.2) is 0 Å². The van der Waals surface area contributed by atoms with Crippen LogP contribution in [-0.4, -0.2) is 35.7 Å². The number of nitrogens with zero attached hydrogens (tertiary/aromatic N) is 1. The van der Waals surface area contributed by atoms with Gasteiger partial charge in [-0.1, -0.05) is 34.6 Å². The van der Waals surface area contributed by atoms with E-state index in [1.165, 1.54) is 0 Å². The molecule has 0 aromatic heterocycles. The highest BCUT2D eigenvalue weighted by atomic mass is 16.3. The molecule has 0 radical (unpaired) electrons. The van der Waals surface area contributed by atoms with Gasteiger partial charge in [-0.25, -0.2) is 0 Å². The second-order valence-electron chi connectivity index (χ2n) is 6.14. The predicted octanol–water partition coefficient (Wildman–Crippen LogP) is 2.76. The van der Waals surface area contributed by atoms with Crippen molar-refractivity contribution in [3.63, 3.8) is 0 Å². The van der Waals surface area contributed by atoms with Crippen LogP contribution in [0, 0.1) is 11.3 Å². The zero-order chi connectivity index (χ0) is 12.2. The Bertz CT molecular complexity index is 172. The minimum atomic E-state index is -0.209. The van der Waals surface area contributed by atoms with E-state index in [1.54, 1.807) is 0 Å². The Labute approximate surface area is 95.7 Å². The highest BCUT2D eigenvalue weighted by Crippen LogP contribution is 2.22. The van der Waals surface area contributed by atoms with Gasteiger partial charge in [-0.05, 0) is 31.7 Å². The van der Waals surface area contributed by atoms with E-state index < -0.39 is 0 Å². The normalized spacial score (nSPS) is 17.2. The highest BCUT2D eigenvalue weighted by Gasteiger charge is 2.23. The van der Waals surface area contributed by atoms with Crippen LogP contribution in [-0.2, 0) is 0 Å². The number of hydrogen-bond acceptors (Lipinski definition) is 2. The SMILES string of the molecule is CC(C)C(C)N(C)CCC(O)C(C)(C)C. The van der Waals surface area contributed by atoms with Crippen LogP contribution in [0.3, 0.4) is 0 Å². The van der Waals surface area contributed by atoms with Crippen LogP contribution in [0.15, 0.2) is 0 Å². The zero-order valence-corrected chi connectivity index (χ0v) is 11.5. The lowest BCUT2D eigenvalue weighted by Crippen LogP contribution is -2.37. The average Bonchev–Trinajstić information content (AvgIpc) is 2.10. The summed E-state index contributed by atoms with van der Waals surface area (Å²) in [5, 5.41) is 9.93. The zero-order valence-electron chi connectivity index (χ0n) is 11.5.